The fourth-order valence-corrected chi connectivity index (χ4v) is 2.19. The highest BCUT2D eigenvalue weighted by molar-refractivity contribution is 5.91. The monoisotopic (exact) mass is 278 g/mol. The summed E-state index contributed by atoms with van der Waals surface area (Å²) in [5.74, 6) is -0.273. The predicted molar refractivity (Wildman–Crippen MR) is 83.9 cm³/mol. The molecular weight excluding hydrogens is 260 g/mol. The van der Waals surface area contributed by atoms with Gasteiger partial charge in [0.2, 0.25) is 5.91 Å². The molecule has 0 radical (unpaired) electrons. The summed E-state index contributed by atoms with van der Waals surface area (Å²) in [7, 11) is 0. The van der Waals surface area contributed by atoms with Gasteiger partial charge < -0.3 is 5.32 Å². The Balaban J connectivity index is 1.91. The molecule has 0 bridgehead atoms. The van der Waals surface area contributed by atoms with Crippen molar-refractivity contribution in [2.75, 3.05) is 5.32 Å². The summed E-state index contributed by atoms with van der Waals surface area (Å²) in [6, 6.07) is 18.1. The Bertz CT molecular complexity index is 654. The lowest BCUT2D eigenvalue weighted by Gasteiger charge is -2.06. The van der Waals surface area contributed by atoms with Crippen LogP contribution in [0.1, 0.15) is 23.1 Å². The Hall–Kier alpha value is -2.60. The number of hydrogen-bond acceptors (Lipinski definition) is 2. The average Bonchev–Trinajstić information content (AvgIpc) is 2.47. The fraction of sp³-hybridized carbons (Fsp3) is 0.222. The third kappa shape index (κ3) is 4.77. The second kappa shape index (κ2) is 7.25. The molecule has 2 aromatic carbocycles. The molecule has 0 aromatic heterocycles. The summed E-state index contributed by atoms with van der Waals surface area (Å²) >= 11 is 0. The molecule has 0 saturated heterocycles. The van der Waals surface area contributed by atoms with Gasteiger partial charge in [-0.15, -0.1) is 0 Å². The maximum atomic E-state index is 11.3. The Kier molecular flexibility index (Phi) is 5.11. The Morgan fingerprint density at radius 3 is 2.48 bits per heavy atom. The smallest absolute Gasteiger partial charge is 0.238 e. The largest absolute Gasteiger partial charge is 0.325 e. The van der Waals surface area contributed by atoms with Crippen molar-refractivity contribution < 1.29 is 4.79 Å². The van der Waals surface area contributed by atoms with Gasteiger partial charge in [-0.05, 0) is 43.0 Å². The summed E-state index contributed by atoms with van der Waals surface area (Å²) in [4.78, 5) is 11.3. The minimum absolute atomic E-state index is 0.116. The molecule has 1 amide bonds. The summed E-state index contributed by atoms with van der Waals surface area (Å²) in [5.41, 5.74) is 4.58. The fourth-order valence-electron chi connectivity index (χ4n) is 2.19. The first-order chi connectivity index (χ1) is 10.2. The maximum absolute atomic E-state index is 11.3. The van der Waals surface area contributed by atoms with Crippen LogP contribution in [0.5, 0.6) is 0 Å². The molecule has 0 aliphatic carbocycles. The highest BCUT2D eigenvalue weighted by Gasteiger charge is 2.01. The first kappa shape index (κ1) is 14.8. The molecular formula is C18H18N2O. The van der Waals surface area contributed by atoms with Crippen LogP contribution in [0.15, 0.2) is 48.5 Å². The highest BCUT2D eigenvalue weighted by atomic mass is 16.1. The molecule has 0 atom stereocenters. The van der Waals surface area contributed by atoms with E-state index in [0.717, 1.165) is 18.5 Å². The van der Waals surface area contributed by atoms with Gasteiger partial charge in [-0.3, -0.25) is 4.79 Å². The van der Waals surface area contributed by atoms with E-state index in [1.165, 1.54) is 16.7 Å². The van der Waals surface area contributed by atoms with Crippen molar-refractivity contribution in [3.05, 3.63) is 65.2 Å². The summed E-state index contributed by atoms with van der Waals surface area (Å²) < 4.78 is 0. The first-order valence-corrected chi connectivity index (χ1v) is 6.98. The van der Waals surface area contributed by atoms with Crippen molar-refractivity contribution >= 4 is 11.6 Å². The molecule has 2 rings (SSSR count). The van der Waals surface area contributed by atoms with Crippen LogP contribution in [0.25, 0.3) is 0 Å². The van der Waals surface area contributed by atoms with Gasteiger partial charge in [0.15, 0.2) is 0 Å². The van der Waals surface area contributed by atoms with Crippen molar-refractivity contribution in [2.45, 2.75) is 26.2 Å². The van der Waals surface area contributed by atoms with Gasteiger partial charge >= 0.3 is 0 Å². The van der Waals surface area contributed by atoms with Crippen LogP contribution in [-0.4, -0.2) is 5.91 Å². The molecule has 0 fully saturated rings. The van der Waals surface area contributed by atoms with E-state index < -0.39 is 0 Å². The molecule has 1 N–H and O–H groups in total. The van der Waals surface area contributed by atoms with Gasteiger partial charge in [-0.25, -0.2) is 0 Å². The van der Waals surface area contributed by atoms with E-state index in [1.54, 1.807) is 0 Å². The van der Waals surface area contributed by atoms with Crippen molar-refractivity contribution in [1.82, 2.24) is 0 Å². The van der Waals surface area contributed by atoms with Crippen LogP contribution in [-0.2, 0) is 17.6 Å². The SMILES string of the molecule is Cc1cccc(CCc2ccc(NC(=O)CC#N)cc2)c1. The van der Waals surface area contributed by atoms with Crippen molar-refractivity contribution in [3.63, 3.8) is 0 Å². The summed E-state index contributed by atoms with van der Waals surface area (Å²) in [6.07, 6.45) is 1.85. The highest BCUT2D eigenvalue weighted by Crippen LogP contribution is 2.13. The number of hydrogen-bond donors (Lipinski definition) is 1. The number of nitrogens with one attached hydrogen (secondary N) is 1. The summed E-state index contributed by atoms with van der Waals surface area (Å²) in [6.45, 7) is 2.10. The number of rotatable bonds is 5. The van der Waals surface area contributed by atoms with E-state index >= 15 is 0 Å². The average molecular weight is 278 g/mol. The van der Waals surface area contributed by atoms with Crippen molar-refractivity contribution in [2.24, 2.45) is 0 Å². The van der Waals surface area contributed by atoms with E-state index in [9.17, 15) is 4.79 Å². The van der Waals surface area contributed by atoms with Crippen molar-refractivity contribution in [3.8, 4) is 6.07 Å². The lowest BCUT2D eigenvalue weighted by Crippen LogP contribution is -2.09. The van der Waals surface area contributed by atoms with Crippen LogP contribution >= 0.6 is 0 Å². The van der Waals surface area contributed by atoms with Gasteiger partial charge in [0.25, 0.3) is 0 Å². The van der Waals surface area contributed by atoms with Crippen LogP contribution in [0.3, 0.4) is 0 Å². The van der Waals surface area contributed by atoms with Crippen LogP contribution < -0.4 is 5.32 Å². The standard InChI is InChI=1S/C18H18N2O/c1-14-3-2-4-16(13-14)6-5-15-7-9-17(10-8-15)20-18(21)11-12-19/h2-4,7-10,13H,5-6,11H2,1H3,(H,20,21). The van der Waals surface area contributed by atoms with Crippen LogP contribution in [0.4, 0.5) is 5.69 Å². The number of carbonyl (C=O) groups is 1. The third-order valence-electron chi connectivity index (χ3n) is 3.26. The van der Waals surface area contributed by atoms with E-state index in [0.29, 0.717) is 0 Å². The predicted octanol–water partition coefficient (Wildman–Crippen LogP) is 3.63. The van der Waals surface area contributed by atoms with Gasteiger partial charge in [0.1, 0.15) is 6.42 Å². The van der Waals surface area contributed by atoms with Crippen LogP contribution in [0, 0.1) is 18.3 Å². The van der Waals surface area contributed by atoms with Gasteiger partial charge in [0.05, 0.1) is 6.07 Å². The molecule has 3 heteroatoms. The maximum Gasteiger partial charge on any atom is 0.238 e. The molecule has 0 aliphatic rings. The zero-order valence-corrected chi connectivity index (χ0v) is 12.1. The number of carbonyl (C=O) groups excluding carboxylic acids is 1. The molecule has 21 heavy (non-hydrogen) atoms. The molecule has 2 aromatic rings. The number of aryl methyl sites for hydroxylation is 3. The Labute approximate surface area is 125 Å². The van der Waals surface area contributed by atoms with E-state index in [-0.39, 0.29) is 12.3 Å². The normalized spacial score (nSPS) is 9.90. The van der Waals surface area contributed by atoms with E-state index in [2.05, 4.69) is 36.5 Å². The molecule has 3 nitrogen and oxygen atoms in total. The molecule has 0 unspecified atom stereocenters. The van der Waals surface area contributed by atoms with Crippen molar-refractivity contribution in [1.29, 1.82) is 5.26 Å². The molecule has 0 heterocycles. The lowest BCUT2D eigenvalue weighted by molar-refractivity contribution is -0.115. The van der Waals surface area contributed by atoms with Gasteiger partial charge in [0, 0.05) is 5.69 Å². The molecule has 106 valence electrons. The topological polar surface area (TPSA) is 52.9 Å². The first-order valence-electron chi connectivity index (χ1n) is 6.98. The number of nitrogens with zero attached hydrogens (tertiary/aromatic N) is 1. The minimum Gasteiger partial charge on any atom is -0.325 e. The van der Waals surface area contributed by atoms with Gasteiger partial charge in [-0.1, -0.05) is 42.0 Å². The second-order valence-electron chi connectivity index (χ2n) is 5.07. The molecule has 0 aliphatic heterocycles. The van der Waals surface area contributed by atoms with E-state index in [4.69, 9.17) is 5.26 Å². The number of anilines is 1. The number of nitriles is 1. The molecule has 0 saturated carbocycles. The zero-order valence-electron chi connectivity index (χ0n) is 12.1. The van der Waals surface area contributed by atoms with E-state index in [1.807, 2.05) is 30.3 Å². The minimum atomic E-state index is -0.273. The quantitative estimate of drug-likeness (QED) is 0.908. The van der Waals surface area contributed by atoms with Crippen LogP contribution in [0.2, 0.25) is 0 Å². The molecule has 0 spiro atoms. The Morgan fingerprint density at radius 1 is 1.10 bits per heavy atom. The summed E-state index contributed by atoms with van der Waals surface area (Å²) in [5, 5.41) is 11.1. The number of amides is 1. The zero-order chi connectivity index (χ0) is 15.1. The Morgan fingerprint density at radius 2 is 1.81 bits per heavy atom. The lowest BCUT2D eigenvalue weighted by atomic mass is 10.0. The number of benzene rings is 2. The van der Waals surface area contributed by atoms with Gasteiger partial charge in [-0.2, -0.15) is 5.26 Å². The second-order valence-corrected chi connectivity index (χ2v) is 5.07. The third-order valence-corrected chi connectivity index (χ3v) is 3.26.